The zero-order valence-corrected chi connectivity index (χ0v) is 13.2. The van der Waals surface area contributed by atoms with Crippen molar-refractivity contribution in [2.75, 3.05) is 19.8 Å². The minimum Gasteiger partial charge on any atom is -0.375 e. The maximum absolute atomic E-state index is 12.5. The van der Waals surface area contributed by atoms with Crippen LogP contribution in [-0.4, -0.2) is 43.5 Å². The van der Waals surface area contributed by atoms with E-state index in [1.165, 1.54) is 0 Å². The molecule has 1 aromatic carbocycles. The van der Waals surface area contributed by atoms with Crippen molar-refractivity contribution < 1.29 is 23.9 Å². The molecule has 24 heavy (non-hydrogen) atoms. The number of fused-ring (bicyclic) bond motifs is 1. The number of hydrogen-bond acceptors (Lipinski definition) is 5. The molecule has 0 spiro atoms. The second-order valence-corrected chi connectivity index (χ2v) is 5.25. The van der Waals surface area contributed by atoms with E-state index in [0.29, 0.717) is 30.9 Å². The number of nitrogens with two attached hydrogens (primary N) is 1. The number of carbonyl (C=O) groups excluding carboxylic acids is 3. The van der Waals surface area contributed by atoms with E-state index in [1.54, 1.807) is 36.4 Å². The number of rotatable bonds is 2. The van der Waals surface area contributed by atoms with Crippen molar-refractivity contribution in [1.82, 2.24) is 5.32 Å². The van der Waals surface area contributed by atoms with Gasteiger partial charge in [-0.1, -0.05) is 30.4 Å². The maximum Gasteiger partial charge on any atom is 0.287 e. The molecular formula is C17H20N2O5. The second kappa shape index (κ2) is 8.95. The predicted octanol–water partition coefficient (Wildman–Crippen LogP) is 0.332. The van der Waals surface area contributed by atoms with Gasteiger partial charge in [-0.15, -0.1) is 0 Å². The van der Waals surface area contributed by atoms with Gasteiger partial charge in [0.05, 0.1) is 26.4 Å². The van der Waals surface area contributed by atoms with E-state index in [2.05, 4.69) is 5.32 Å². The molecule has 128 valence electrons. The number of ether oxygens (including phenoxy) is 2. The second-order valence-electron chi connectivity index (χ2n) is 5.25. The highest BCUT2D eigenvalue weighted by Gasteiger charge is 2.25. The van der Waals surface area contributed by atoms with Crippen LogP contribution in [-0.2, 0) is 25.7 Å². The summed E-state index contributed by atoms with van der Waals surface area (Å²) in [7, 11) is 0. The lowest BCUT2D eigenvalue weighted by Crippen LogP contribution is -2.46. The fourth-order valence-corrected chi connectivity index (χ4v) is 2.26. The van der Waals surface area contributed by atoms with E-state index < -0.39 is 23.6 Å². The molecule has 1 aliphatic heterocycles. The SMILES string of the molecule is NC(=O)C(=O)[C@@H]1C/C=C/COCCOCc2ccccc2C(=O)N1. The number of primary amides is 1. The molecular weight excluding hydrogens is 312 g/mol. The normalized spacial score (nSPS) is 21.0. The molecule has 1 aliphatic rings. The Kier molecular flexibility index (Phi) is 6.65. The first-order valence-electron chi connectivity index (χ1n) is 7.62. The molecule has 7 nitrogen and oxygen atoms in total. The lowest BCUT2D eigenvalue weighted by Gasteiger charge is -2.17. The quantitative estimate of drug-likeness (QED) is 0.599. The van der Waals surface area contributed by atoms with E-state index in [-0.39, 0.29) is 13.0 Å². The van der Waals surface area contributed by atoms with Crippen LogP contribution >= 0.6 is 0 Å². The van der Waals surface area contributed by atoms with Gasteiger partial charge in [-0.05, 0) is 18.1 Å². The average Bonchev–Trinajstić information content (AvgIpc) is 2.58. The Morgan fingerprint density at radius 2 is 1.88 bits per heavy atom. The molecule has 0 aromatic heterocycles. The lowest BCUT2D eigenvalue weighted by molar-refractivity contribution is -0.137. The number of benzene rings is 1. The molecule has 1 heterocycles. The highest BCUT2D eigenvalue weighted by atomic mass is 16.5. The van der Waals surface area contributed by atoms with Gasteiger partial charge in [0.15, 0.2) is 0 Å². The van der Waals surface area contributed by atoms with Gasteiger partial charge in [0.25, 0.3) is 11.8 Å². The summed E-state index contributed by atoms with van der Waals surface area (Å²) in [5.74, 6) is -2.37. The Balaban J connectivity index is 2.25. The van der Waals surface area contributed by atoms with Crippen LogP contribution in [0.2, 0.25) is 0 Å². The number of nitrogens with one attached hydrogen (secondary N) is 1. The van der Waals surface area contributed by atoms with Gasteiger partial charge in [0.2, 0.25) is 5.78 Å². The first-order chi connectivity index (χ1) is 11.6. The van der Waals surface area contributed by atoms with Crippen molar-refractivity contribution in [3.63, 3.8) is 0 Å². The summed E-state index contributed by atoms with van der Waals surface area (Å²) in [5.41, 5.74) is 6.14. The van der Waals surface area contributed by atoms with E-state index >= 15 is 0 Å². The van der Waals surface area contributed by atoms with Crippen LogP contribution in [0.25, 0.3) is 0 Å². The molecule has 0 unspecified atom stereocenters. The zero-order valence-electron chi connectivity index (χ0n) is 13.2. The minimum atomic E-state index is -1.08. The van der Waals surface area contributed by atoms with Crippen LogP contribution in [0.1, 0.15) is 22.3 Å². The van der Waals surface area contributed by atoms with Gasteiger partial charge in [-0.2, -0.15) is 0 Å². The van der Waals surface area contributed by atoms with Crippen molar-refractivity contribution in [3.8, 4) is 0 Å². The molecule has 2 amide bonds. The highest BCUT2D eigenvalue weighted by molar-refractivity contribution is 6.38. The fraction of sp³-hybridized carbons (Fsp3) is 0.353. The summed E-state index contributed by atoms with van der Waals surface area (Å²) in [4.78, 5) is 35.6. The van der Waals surface area contributed by atoms with Crippen molar-refractivity contribution in [3.05, 3.63) is 47.5 Å². The summed E-state index contributed by atoms with van der Waals surface area (Å²) >= 11 is 0. The largest absolute Gasteiger partial charge is 0.375 e. The van der Waals surface area contributed by atoms with Crippen molar-refractivity contribution in [1.29, 1.82) is 0 Å². The molecule has 0 fully saturated rings. The van der Waals surface area contributed by atoms with Gasteiger partial charge in [0.1, 0.15) is 6.04 Å². The Morgan fingerprint density at radius 1 is 1.12 bits per heavy atom. The summed E-state index contributed by atoms with van der Waals surface area (Å²) in [6.07, 6.45) is 3.55. The van der Waals surface area contributed by atoms with Crippen LogP contribution in [0.5, 0.6) is 0 Å². The topological polar surface area (TPSA) is 108 Å². The molecule has 0 radical (unpaired) electrons. The van der Waals surface area contributed by atoms with E-state index in [0.717, 1.165) is 0 Å². The van der Waals surface area contributed by atoms with Crippen molar-refractivity contribution in [2.24, 2.45) is 5.73 Å². The number of amides is 2. The van der Waals surface area contributed by atoms with Gasteiger partial charge < -0.3 is 20.5 Å². The van der Waals surface area contributed by atoms with Crippen LogP contribution in [0.3, 0.4) is 0 Å². The van der Waals surface area contributed by atoms with Gasteiger partial charge >= 0.3 is 0 Å². The summed E-state index contributed by atoms with van der Waals surface area (Å²) in [6, 6.07) is 5.91. The standard InChI is InChI=1S/C17H20N2O5/c18-16(21)15(20)14-7-3-4-8-23-9-10-24-11-12-5-1-2-6-13(12)17(22)19-14/h1-6,14H,7-11H2,(H2,18,21)(H,19,22)/b4-3+/t14-/m0/s1. The van der Waals surface area contributed by atoms with Crippen LogP contribution in [0.15, 0.2) is 36.4 Å². The van der Waals surface area contributed by atoms with E-state index in [9.17, 15) is 14.4 Å². The third-order valence-corrected chi connectivity index (χ3v) is 3.51. The van der Waals surface area contributed by atoms with Gasteiger partial charge in [0, 0.05) is 5.56 Å². The Labute approximate surface area is 139 Å². The molecule has 2 rings (SSSR count). The molecule has 7 heteroatoms. The molecule has 1 atom stereocenters. The summed E-state index contributed by atoms with van der Waals surface area (Å²) in [5, 5.41) is 2.57. The van der Waals surface area contributed by atoms with Gasteiger partial charge in [-0.3, -0.25) is 14.4 Å². The monoisotopic (exact) mass is 332 g/mol. The Morgan fingerprint density at radius 3 is 2.67 bits per heavy atom. The molecule has 1 aromatic rings. The summed E-state index contributed by atoms with van der Waals surface area (Å²) in [6.45, 7) is 1.43. The number of carbonyl (C=O) groups is 3. The lowest BCUT2D eigenvalue weighted by atomic mass is 10.0. The average molecular weight is 332 g/mol. The molecule has 0 aliphatic carbocycles. The fourth-order valence-electron chi connectivity index (χ4n) is 2.26. The Hall–Kier alpha value is -2.51. The first kappa shape index (κ1) is 17.8. The van der Waals surface area contributed by atoms with E-state index in [1.807, 2.05) is 0 Å². The van der Waals surface area contributed by atoms with Crippen molar-refractivity contribution in [2.45, 2.75) is 19.1 Å². The highest BCUT2D eigenvalue weighted by Crippen LogP contribution is 2.11. The third kappa shape index (κ3) is 5.00. The number of Topliss-reactive ketones (excluding diaryl/α,β-unsaturated/α-hetero) is 1. The molecule has 0 bridgehead atoms. The van der Waals surface area contributed by atoms with E-state index in [4.69, 9.17) is 15.2 Å². The van der Waals surface area contributed by atoms with Gasteiger partial charge in [-0.25, -0.2) is 0 Å². The third-order valence-electron chi connectivity index (χ3n) is 3.51. The number of ketones is 1. The minimum absolute atomic E-state index is 0.162. The molecule has 0 saturated heterocycles. The summed E-state index contributed by atoms with van der Waals surface area (Å²) < 4.78 is 10.9. The van der Waals surface area contributed by atoms with Crippen LogP contribution < -0.4 is 11.1 Å². The maximum atomic E-state index is 12.5. The Bertz CT molecular complexity index is 642. The van der Waals surface area contributed by atoms with Crippen LogP contribution in [0, 0.1) is 0 Å². The molecule has 3 N–H and O–H groups in total. The smallest absolute Gasteiger partial charge is 0.287 e. The van der Waals surface area contributed by atoms with Crippen molar-refractivity contribution >= 4 is 17.6 Å². The van der Waals surface area contributed by atoms with Crippen LogP contribution in [0.4, 0.5) is 0 Å². The zero-order chi connectivity index (χ0) is 17.4. The predicted molar refractivity (Wildman–Crippen MR) is 86.1 cm³/mol. The molecule has 0 saturated carbocycles. The number of hydrogen-bond donors (Lipinski definition) is 2. The first-order valence-corrected chi connectivity index (χ1v) is 7.62.